The second-order valence-electron chi connectivity index (χ2n) is 11.6. The Morgan fingerprint density at radius 3 is 2.39 bits per heavy atom. The zero-order valence-corrected chi connectivity index (χ0v) is 24.0. The van der Waals surface area contributed by atoms with Crippen molar-refractivity contribution in [1.82, 2.24) is 9.47 Å². The lowest BCUT2D eigenvalue weighted by Crippen LogP contribution is -2.60. The molecule has 1 aromatic heterocycles. The summed E-state index contributed by atoms with van der Waals surface area (Å²) < 4.78 is 52.6. The molecule has 0 aliphatic carbocycles. The highest BCUT2D eigenvalue weighted by Crippen LogP contribution is 2.46. The highest BCUT2D eigenvalue weighted by Gasteiger charge is 2.57. The van der Waals surface area contributed by atoms with E-state index < -0.39 is 28.8 Å². The van der Waals surface area contributed by atoms with Crippen LogP contribution in [0.4, 0.5) is 24.5 Å². The predicted molar refractivity (Wildman–Crippen MR) is 158 cm³/mol. The molecule has 1 N–H and O–H groups in total. The third kappa shape index (κ3) is 5.28. The number of non-ortho nitro benzene ring substituents is 1. The first-order valence-electron chi connectivity index (χ1n) is 14.3. The van der Waals surface area contributed by atoms with E-state index in [-0.39, 0.29) is 54.2 Å². The molecule has 1 atom stereocenters. The van der Waals surface area contributed by atoms with E-state index in [1.165, 1.54) is 29.8 Å². The third-order valence-electron chi connectivity index (χ3n) is 8.72. The molecule has 2 aliphatic heterocycles. The molecule has 230 valence electrons. The number of piperidine rings is 1. The van der Waals surface area contributed by atoms with E-state index in [9.17, 15) is 33.2 Å². The van der Waals surface area contributed by atoms with E-state index in [4.69, 9.17) is 4.74 Å². The zero-order chi connectivity index (χ0) is 31.3. The first kappa shape index (κ1) is 29.6. The maximum Gasteiger partial charge on any atom is 0.422 e. The van der Waals surface area contributed by atoms with Crippen LogP contribution in [-0.4, -0.2) is 63.4 Å². The fourth-order valence-electron chi connectivity index (χ4n) is 6.35. The van der Waals surface area contributed by atoms with Crippen molar-refractivity contribution in [2.75, 3.05) is 31.1 Å². The van der Waals surface area contributed by atoms with Gasteiger partial charge in [0.05, 0.1) is 22.7 Å². The smallest absolute Gasteiger partial charge is 0.422 e. The number of anilines is 1. The van der Waals surface area contributed by atoms with Crippen molar-refractivity contribution in [3.8, 4) is 5.75 Å². The van der Waals surface area contributed by atoms with Gasteiger partial charge in [-0.15, -0.1) is 0 Å². The number of hydrogen-bond donors (Lipinski definition) is 1. The van der Waals surface area contributed by atoms with Gasteiger partial charge in [0.1, 0.15) is 11.4 Å². The number of carbonyl (C=O) groups is 1. The largest absolute Gasteiger partial charge is 0.483 e. The Labute approximate surface area is 251 Å². The number of benzene rings is 3. The minimum Gasteiger partial charge on any atom is -0.483 e. The summed E-state index contributed by atoms with van der Waals surface area (Å²) in [6.07, 6.45) is -3.10. The predicted octanol–water partition coefficient (Wildman–Crippen LogP) is 5.63. The molecule has 1 unspecified atom stereocenters. The molecular formula is C32H31F3N4O5. The molecule has 0 saturated carbocycles. The zero-order valence-electron chi connectivity index (χ0n) is 24.0. The second-order valence-corrected chi connectivity index (χ2v) is 11.6. The van der Waals surface area contributed by atoms with Crippen molar-refractivity contribution in [2.45, 2.75) is 43.7 Å². The highest BCUT2D eigenvalue weighted by molar-refractivity contribution is 5.94. The molecular weight excluding hydrogens is 577 g/mol. The van der Waals surface area contributed by atoms with Crippen molar-refractivity contribution >= 4 is 28.2 Å². The van der Waals surface area contributed by atoms with Gasteiger partial charge in [-0.05, 0) is 23.8 Å². The maximum absolute atomic E-state index is 14.9. The van der Waals surface area contributed by atoms with Crippen molar-refractivity contribution < 1.29 is 32.7 Å². The number of nitro groups is 1. The van der Waals surface area contributed by atoms with Crippen LogP contribution in [0.15, 0.2) is 79.0 Å². The van der Waals surface area contributed by atoms with Crippen molar-refractivity contribution in [3.63, 3.8) is 0 Å². The van der Waals surface area contributed by atoms with Crippen LogP contribution in [0.3, 0.4) is 0 Å². The van der Waals surface area contributed by atoms with E-state index in [1.807, 2.05) is 12.1 Å². The second kappa shape index (κ2) is 10.9. The van der Waals surface area contributed by atoms with Gasteiger partial charge in [0.25, 0.3) is 5.69 Å². The van der Waals surface area contributed by atoms with Gasteiger partial charge >= 0.3 is 6.18 Å². The number of amides is 1. The first-order valence-corrected chi connectivity index (χ1v) is 14.3. The Balaban J connectivity index is 1.31. The lowest BCUT2D eigenvalue weighted by Gasteiger charge is -2.48. The van der Waals surface area contributed by atoms with Gasteiger partial charge in [0.15, 0.2) is 0 Å². The van der Waals surface area contributed by atoms with Crippen LogP contribution in [0.2, 0.25) is 0 Å². The molecule has 4 aromatic rings. The number of alkyl halides is 3. The molecule has 0 radical (unpaired) electrons. The summed E-state index contributed by atoms with van der Waals surface area (Å²) in [7, 11) is 0. The number of halogens is 3. The first-order chi connectivity index (χ1) is 20.9. The van der Waals surface area contributed by atoms with Crippen molar-refractivity contribution in [3.05, 3.63) is 100 Å². The number of fused-ring (bicyclic) bond motifs is 2. The summed E-state index contributed by atoms with van der Waals surface area (Å²) in [5.74, 6) is 0.399. The van der Waals surface area contributed by atoms with Crippen LogP contribution in [0, 0.1) is 10.1 Å². The Hall–Kier alpha value is -4.42. The van der Waals surface area contributed by atoms with E-state index >= 15 is 0 Å². The number of hydrogen-bond acceptors (Lipinski definition) is 6. The molecule has 6 rings (SSSR count). The molecule has 1 saturated heterocycles. The number of ether oxygens (including phenoxy) is 1. The number of rotatable bonds is 6. The molecule has 1 fully saturated rings. The third-order valence-corrected chi connectivity index (χ3v) is 8.72. The highest BCUT2D eigenvalue weighted by atomic mass is 19.4. The van der Waals surface area contributed by atoms with Crippen LogP contribution in [0.25, 0.3) is 10.9 Å². The average Bonchev–Trinajstić information content (AvgIpc) is 3.36. The maximum atomic E-state index is 14.9. The van der Waals surface area contributed by atoms with Gasteiger partial charge in [0, 0.05) is 75.2 Å². The molecule has 1 spiro atoms. The molecule has 12 heteroatoms. The Morgan fingerprint density at radius 2 is 1.73 bits per heavy atom. The van der Waals surface area contributed by atoms with Gasteiger partial charge in [-0.25, -0.2) is 0 Å². The fourth-order valence-corrected chi connectivity index (χ4v) is 6.35. The van der Waals surface area contributed by atoms with Crippen LogP contribution in [0.5, 0.6) is 5.75 Å². The topological polar surface area (TPSA) is 101 Å². The molecule has 2 aliphatic rings. The number of para-hydroxylation sites is 2. The van der Waals surface area contributed by atoms with Gasteiger partial charge < -0.3 is 19.3 Å². The SMILES string of the molecule is CC(=O)N1CC2(CCN(CC(O)(c3cn(Cc4ccccc4)c4cc([N+](=O)[O-])ccc34)C(F)(F)F)CC2)Oc2ccccc21. The molecule has 44 heavy (non-hydrogen) atoms. The minimum atomic E-state index is -5.05. The summed E-state index contributed by atoms with van der Waals surface area (Å²) in [6.45, 7) is 1.56. The number of likely N-dealkylation sites (tertiary alicyclic amines) is 1. The summed E-state index contributed by atoms with van der Waals surface area (Å²) >= 11 is 0. The van der Waals surface area contributed by atoms with Crippen molar-refractivity contribution in [2.24, 2.45) is 0 Å². The quantitative estimate of drug-likeness (QED) is 0.225. The van der Waals surface area contributed by atoms with Gasteiger partial charge in [-0.1, -0.05) is 42.5 Å². The Bertz CT molecular complexity index is 1720. The lowest BCUT2D eigenvalue weighted by molar-refractivity contribution is -0.384. The van der Waals surface area contributed by atoms with Crippen LogP contribution >= 0.6 is 0 Å². The average molecular weight is 609 g/mol. The molecule has 9 nitrogen and oxygen atoms in total. The monoisotopic (exact) mass is 608 g/mol. The standard InChI is InChI=1S/C32H31F3N4O5/c1-22(40)38-20-30(44-29-10-6-5-9-27(29)38)13-15-36(16-14-30)21-31(41,32(33,34)35)26-19-37(18-23-7-3-2-4-8-23)28-17-24(39(42)43)11-12-25(26)28/h2-12,17,19,41H,13-16,18,20-21H2,1H3. The molecule has 1 amide bonds. The van der Waals surface area contributed by atoms with Gasteiger partial charge in [-0.2, -0.15) is 13.2 Å². The normalized spacial score (nSPS) is 18.1. The summed E-state index contributed by atoms with van der Waals surface area (Å²) in [5, 5.41) is 23.2. The summed E-state index contributed by atoms with van der Waals surface area (Å²) in [4.78, 5) is 26.6. The van der Waals surface area contributed by atoms with E-state index in [1.54, 1.807) is 52.3 Å². The van der Waals surface area contributed by atoms with Gasteiger partial charge in [-0.3, -0.25) is 19.8 Å². The molecule has 3 aromatic carbocycles. The van der Waals surface area contributed by atoms with Crippen LogP contribution in [-0.2, 0) is 16.9 Å². The lowest BCUT2D eigenvalue weighted by atomic mass is 9.86. The molecule has 3 heterocycles. The van der Waals surface area contributed by atoms with Crippen LogP contribution in [0.1, 0.15) is 30.9 Å². The van der Waals surface area contributed by atoms with Gasteiger partial charge in [0.2, 0.25) is 11.5 Å². The number of nitro benzene ring substituents is 1. The van der Waals surface area contributed by atoms with Crippen molar-refractivity contribution in [1.29, 1.82) is 0 Å². The Morgan fingerprint density at radius 1 is 1.05 bits per heavy atom. The molecule has 0 bridgehead atoms. The van der Waals surface area contributed by atoms with E-state index in [0.717, 1.165) is 11.6 Å². The van der Waals surface area contributed by atoms with E-state index in [0.29, 0.717) is 24.3 Å². The Kier molecular flexibility index (Phi) is 7.37. The van der Waals surface area contributed by atoms with Crippen LogP contribution < -0.4 is 9.64 Å². The minimum absolute atomic E-state index is 0.0872. The summed E-state index contributed by atoms with van der Waals surface area (Å²) in [5.41, 5.74) is -2.99. The number of β-amino-alcohol motifs (C(OH)–C–C–N with tert-alkyl or cyclic N) is 1. The van der Waals surface area contributed by atoms with E-state index in [2.05, 4.69) is 0 Å². The number of nitrogens with zero attached hydrogens (tertiary/aromatic N) is 4. The number of carbonyl (C=O) groups excluding carboxylic acids is 1. The number of aliphatic hydroxyl groups is 1. The number of aromatic nitrogens is 1. The summed E-state index contributed by atoms with van der Waals surface area (Å²) in [6, 6.07) is 19.9. The fraction of sp³-hybridized carbons (Fsp3) is 0.344.